The van der Waals surface area contributed by atoms with E-state index in [1.807, 2.05) is 29.2 Å². The van der Waals surface area contributed by atoms with E-state index in [0.717, 1.165) is 43.5 Å². The van der Waals surface area contributed by atoms with E-state index in [-0.39, 0.29) is 22.9 Å². The second-order valence-electron chi connectivity index (χ2n) is 10.0. The van der Waals surface area contributed by atoms with E-state index in [2.05, 4.69) is 47.6 Å². The molecule has 0 radical (unpaired) electrons. The zero-order chi connectivity index (χ0) is 23.1. The van der Waals surface area contributed by atoms with E-state index < -0.39 is 10.7 Å². The molecule has 2 amide bonds. The molecular weight excluding hydrogens is 434 g/mol. The van der Waals surface area contributed by atoms with Gasteiger partial charge in [-0.3, -0.25) is 4.90 Å². The molecule has 1 spiro atoms. The third-order valence-electron chi connectivity index (χ3n) is 8.02. The van der Waals surface area contributed by atoms with Crippen LogP contribution in [-0.4, -0.2) is 45.0 Å². The molecule has 2 saturated carbocycles. The molecule has 2 aliphatic carbocycles. The lowest BCUT2D eigenvalue weighted by Crippen LogP contribution is -2.55. The zero-order valence-corrected chi connectivity index (χ0v) is 20.1. The number of benzene rings is 2. The standard InChI is InChI=1S/C26H33N3O3S/c1-27-26(22-5-3-2-4-6-22)15-13-25(14-16-26)19-28(24(30)29(25)17-20-7-8-20)23-11-9-21(10-12-23)18-33(31)32/h2-6,9-12,20,27,33H,7-8,13-19H2,1H3. The van der Waals surface area contributed by atoms with Crippen molar-refractivity contribution in [3.63, 3.8) is 0 Å². The third kappa shape index (κ3) is 4.28. The van der Waals surface area contributed by atoms with E-state index in [4.69, 9.17) is 0 Å². The van der Waals surface area contributed by atoms with Gasteiger partial charge in [0.2, 0.25) is 0 Å². The van der Waals surface area contributed by atoms with Gasteiger partial charge >= 0.3 is 6.03 Å². The molecule has 2 aromatic rings. The fourth-order valence-electron chi connectivity index (χ4n) is 5.77. The van der Waals surface area contributed by atoms with Crippen LogP contribution in [0.5, 0.6) is 0 Å². The average Bonchev–Trinajstić information content (AvgIpc) is 3.62. The molecule has 2 aromatic carbocycles. The topological polar surface area (TPSA) is 69.7 Å². The maximum Gasteiger partial charge on any atom is 0.325 e. The summed E-state index contributed by atoms with van der Waals surface area (Å²) in [6, 6.07) is 18.2. The van der Waals surface area contributed by atoms with E-state index in [0.29, 0.717) is 12.5 Å². The molecule has 0 bridgehead atoms. The SMILES string of the molecule is CNC1(c2ccccc2)CCC2(CC1)CN(c1ccc(C[SH](=O)=O)cc1)C(=O)N2CC1CC1. The number of anilines is 1. The van der Waals surface area contributed by atoms with E-state index in [1.165, 1.54) is 18.4 Å². The van der Waals surface area contributed by atoms with Crippen LogP contribution in [0.2, 0.25) is 0 Å². The summed E-state index contributed by atoms with van der Waals surface area (Å²) in [7, 11) is -0.404. The zero-order valence-electron chi connectivity index (χ0n) is 19.2. The average molecular weight is 468 g/mol. The first kappa shape index (κ1) is 22.4. The number of rotatable bonds is 7. The third-order valence-corrected chi connectivity index (χ3v) is 8.65. The summed E-state index contributed by atoms with van der Waals surface area (Å²) >= 11 is 0. The number of hydrogen-bond acceptors (Lipinski definition) is 4. The second-order valence-corrected chi connectivity index (χ2v) is 11.0. The van der Waals surface area contributed by atoms with E-state index in [9.17, 15) is 13.2 Å². The van der Waals surface area contributed by atoms with Crippen molar-refractivity contribution in [3.8, 4) is 0 Å². The number of thiol groups is 1. The molecule has 3 fully saturated rings. The number of carbonyl (C=O) groups excluding carboxylic acids is 1. The highest BCUT2D eigenvalue weighted by Crippen LogP contribution is 2.48. The highest BCUT2D eigenvalue weighted by atomic mass is 32.2. The highest BCUT2D eigenvalue weighted by molar-refractivity contribution is 7.71. The number of hydrogen-bond donors (Lipinski definition) is 2. The van der Waals surface area contributed by atoms with Gasteiger partial charge in [0, 0.05) is 17.8 Å². The van der Waals surface area contributed by atoms with Gasteiger partial charge in [-0.1, -0.05) is 42.5 Å². The Morgan fingerprint density at radius 3 is 2.21 bits per heavy atom. The highest BCUT2D eigenvalue weighted by Gasteiger charge is 2.54. The van der Waals surface area contributed by atoms with Crippen molar-refractivity contribution in [2.75, 3.05) is 25.0 Å². The van der Waals surface area contributed by atoms with Crippen molar-refractivity contribution in [1.82, 2.24) is 10.2 Å². The van der Waals surface area contributed by atoms with Crippen LogP contribution in [0.25, 0.3) is 0 Å². The van der Waals surface area contributed by atoms with Crippen molar-refractivity contribution >= 4 is 22.4 Å². The summed E-state index contributed by atoms with van der Waals surface area (Å²) in [5.41, 5.74) is 2.74. The smallest absolute Gasteiger partial charge is 0.317 e. The fourth-order valence-corrected chi connectivity index (χ4v) is 6.28. The molecule has 6 nitrogen and oxygen atoms in total. The Morgan fingerprint density at radius 2 is 1.64 bits per heavy atom. The number of carbonyl (C=O) groups is 1. The molecule has 1 heterocycles. The Labute approximate surface area is 197 Å². The predicted octanol–water partition coefficient (Wildman–Crippen LogP) is 3.88. The largest absolute Gasteiger partial charge is 0.325 e. The first-order valence-corrected chi connectivity index (χ1v) is 13.4. The van der Waals surface area contributed by atoms with Gasteiger partial charge in [0.15, 0.2) is 0 Å². The monoisotopic (exact) mass is 467 g/mol. The van der Waals surface area contributed by atoms with Gasteiger partial charge in [-0.15, -0.1) is 0 Å². The normalized spacial score (nSPS) is 27.6. The summed E-state index contributed by atoms with van der Waals surface area (Å²) in [4.78, 5) is 17.7. The van der Waals surface area contributed by atoms with Crippen LogP contribution in [0.3, 0.4) is 0 Å². The summed E-state index contributed by atoms with van der Waals surface area (Å²) in [6.07, 6.45) is 6.34. The minimum absolute atomic E-state index is 0.0346. The van der Waals surface area contributed by atoms with Crippen LogP contribution in [-0.2, 0) is 22.0 Å². The molecule has 33 heavy (non-hydrogen) atoms. The lowest BCUT2D eigenvalue weighted by molar-refractivity contribution is 0.0762. The second kappa shape index (κ2) is 8.76. The fraction of sp³-hybridized carbons (Fsp3) is 0.500. The first-order valence-electron chi connectivity index (χ1n) is 12.0. The first-order chi connectivity index (χ1) is 15.9. The summed E-state index contributed by atoms with van der Waals surface area (Å²) in [6.45, 7) is 1.55. The quantitative estimate of drug-likeness (QED) is 0.607. The van der Waals surface area contributed by atoms with Crippen LogP contribution in [0.4, 0.5) is 10.5 Å². The van der Waals surface area contributed by atoms with Crippen molar-refractivity contribution in [1.29, 1.82) is 0 Å². The molecule has 0 unspecified atom stereocenters. The lowest BCUT2D eigenvalue weighted by Gasteiger charge is -2.48. The van der Waals surface area contributed by atoms with Crippen molar-refractivity contribution < 1.29 is 13.2 Å². The van der Waals surface area contributed by atoms with Crippen molar-refractivity contribution in [2.45, 2.75) is 55.4 Å². The van der Waals surface area contributed by atoms with Gasteiger partial charge < -0.3 is 10.2 Å². The Bertz CT molecular complexity index is 1060. The minimum atomic E-state index is -2.46. The Balaban J connectivity index is 1.40. The van der Waals surface area contributed by atoms with E-state index in [1.54, 1.807) is 0 Å². The Hall–Kier alpha value is -2.38. The number of nitrogens with one attached hydrogen (secondary N) is 1. The lowest BCUT2D eigenvalue weighted by atomic mass is 9.69. The summed E-state index contributed by atoms with van der Waals surface area (Å²) < 4.78 is 22.1. The van der Waals surface area contributed by atoms with Crippen LogP contribution in [0.15, 0.2) is 54.6 Å². The van der Waals surface area contributed by atoms with Crippen LogP contribution in [0, 0.1) is 5.92 Å². The molecule has 5 rings (SSSR count). The molecule has 1 aliphatic heterocycles. The molecule has 7 heteroatoms. The summed E-state index contributed by atoms with van der Waals surface area (Å²) in [5, 5.41) is 3.62. The van der Waals surface area contributed by atoms with Gasteiger partial charge in [0.1, 0.15) is 10.7 Å². The molecular formula is C26H33N3O3S. The molecule has 1 saturated heterocycles. The predicted molar refractivity (Wildman–Crippen MR) is 131 cm³/mol. The Morgan fingerprint density at radius 1 is 0.970 bits per heavy atom. The molecule has 0 aromatic heterocycles. The van der Waals surface area contributed by atoms with Gasteiger partial charge in [-0.05, 0) is 74.8 Å². The minimum Gasteiger partial charge on any atom is -0.317 e. The molecule has 0 atom stereocenters. The number of amides is 2. The van der Waals surface area contributed by atoms with Crippen LogP contribution < -0.4 is 10.2 Å². The molecule has 176 valence electrons. The maximum absolute atomic E-state index is 13.6. The molecule has 3 aliphatic rings. The molecule has 1 N–H and O–H groups in total. The maximum atomic E-state index is 13.6. The van der Waals surface area contributed by atoms with Gasteiger partial charge in [-0.2, -0.15) is 0 Å². The Kier molecular flexibility index (Phi) is 5.95. The summed E-state index contributed by atoms with van der Waals surface area (Å²) in [5.74, 6) is 0.666. The number of urea groups is 1. The van der Waals surface area contributed by atoms with Gasteiger partial charge in [-0.25, -0.2) is 13.2 Å². The van der Waals surface area contributed by atoms with Crippen molar-refractivity contribution in [2.24, 2.45) is 5.92 Å². The van der Waals surface area contributed by atoms with Gasteiger partial charge in [0.25, 0.3) is 0 Å². The van der Waals surface area contributed by atoms with E-state index >= 15 is 0 Å². The van der Waals surface area contributed by atoms with Crippen molar-refractivity contribution in [3.05, 3.63) is 65.7 Å². The van der Waals surface area contributed by atoms with Crippen LogP contribution >= 0.6 is 0 Å². The van der Waals surface area contributed by atoms with Gasteiger partial charge in [0.05, 0.1) is 17.8 Å². The number of nitrogens with zero attached hydrogens (tertiary/aromatic N) is 2. The van der Waals surface area contributed by atoms with Crippen LogP contribution in [0.1, 0.15) is 49.7 Å².